The number of nitrogens with zero attached hydrogens (tertiary/aromatic N) is 3. The number of benzene rings is 1. The summed E-state index contributed by atoms with van der Waals surface area (Å²) in [7, 11) is 0. The van der Waals surface area contributed by atoms with Crippen molar-refractivity contribution in [2.24, 2.45) is 0 Å². The molecule has 7 heteroatoms. The Labute approximate surface area is 145 Å². The van der Waals surface area contributed by atoms with Crippen LogP contribution in [0.4, 0.5) is 0 Å². The minimum atomic E-state index is -0.155. The molecule has 0 fully saturated rings. The molecule has 1 aromatic carbocycles. The van der Waals surface area contributed by atoms with E-state index in [0.29, 0.717) is 12.2 Å². The van der Waals surface area contributed by atoms with Crippen molar-refractivity contribution in [2.45, 2.75) is 25.9 Å². The van der Waals surface area contributed by atoms with E-state index in [1.807, 2.05) is 31.2 Å². The van der Waals surface area contributed by atoms with Gasteiger partial charge in [-0.3, -0.25) is 9.48 Å². The summed E-state index contributed by atoms with van der Waals surface area (Å²) in [6.45, 7) is 2.63. The molecule has 1 amide bonds. The highest BCUT2D eigenvalue weighted by Gasteiger charge is 2.20. The van der Waals surface area contributed by atoms with Gasteiger partial charge in [-0.15, -0.1) is 0 Å². The molecular weight excluding hydrogens is 322 g/mol. The molecule has 6 nitrogen and oxygen atoms in total. The number of carbonyl (C=O) groups excluding carboxylic acids is 1. The number of nitrogens with one attached hydrogen (secondary N) is 2. The van der Waals surface area contributed by atoms with Gasteiger partial charge < -0.3 is 10.3 Å². The molecule has 0 spiro atoms. The first-order valence-corrected chi connectivity index (χ1v) is 9.38. The van der Waals surface area contributed by atoms with Crippen molar-refractivity contribution < 1.29 is 4.79 Å². The second-order valence-corrected chi connectivity index (χ2v) is 6.46. The number of thioether (sulfide) groups is 1. The van der Waals surface area contributed by atoms with Crippen molar-refractivity contribution >= 4 is 28.7 Å². The predicted molar refractivity (Wildman–Crippen MR) is 97.2 cm³/mol. The van der Waals surface area contributed by atoms with Crippen LogP contribution in [-0.4, -0.2) is 37.7 Å². The van der Waals surface area contributed by atoms with Gasteiger partial charge in [0.05, 0.1) is 17.1 Å². The molecule has 3 aromatic rings. The van der Waals surface area contributed by atoms with Crippen molar-refractivity contribution in [2.75, 3.05) is 12.0 Å². The molecule has 3 rings (SSSR count). The summed E-state index contributed by atoms with van der Waals surface area (Å²) in [5.74, 6) is 1.61. The van der Waals surface area contributed by atoms with Gasteiger partial charge in [0, 0.05) is 12.7 Å². The second kappa shape index (κ2) is 7.53. The first-order valence-electron chi connectivity index (χ1n) is 7.99. The van der Waals surface area contributed by atoms with Crippen molar-refractivity contribution in [3.63, 3.8) is 0 Å². The highest BCUT2D eigenvalue weighted by molar-refractivity contribution is 7.98. The van der Waals surface area contributed by atoms with E-state index >= 15 is 0 Å². The standard InChI is InChI=1S/C17H21N5OS/c1-3-22-15(8-10-18-22)17(23)21-14(9-11-24-2)16-19-12-6-4-5-7-13(12)20-16/h4-8,10,14H,3,9,11H2,1-2H3,(H,19,20)(H,21,23)/t14-/m0/s1. The summed E-state index contributed by atoms with van der Waals surface area (Å²) in [5, 5.41) is 7.26. The van der Waals surface area contributed by atoms with Gasteiger partial charge in [0.15, 0.2) is 0 Å². The summed E-state index contributed by atoms with van der Waals surface area (Å²) < 4.78 is 1.69. The quantitative estimate of drug-likeness (QED) is 0.691. The molecule has 24 heavy (non-hydrogen) atoms. The average Bonchev–Trinajstić information content (AvgIpc) is 3.24. The molecule has 0 aliphatic rings. The Balaban J connectivity index is 1.84. The molecule has 0 aliphatic carbocycles. The highest BCUT2D eigenvalue weighted by atomic mass is 32.2. The van der Waals surface area contributed by atoms with Crippen molar-refractivity contribution in [3.05, 3.63) is 48.0 Å². The number of carbonyl (C=O) groups is 1. The van der Waals surface area contributed by atoms with Crippen molar-refractivity contribution in [1.82, 2.24) is 25.1 Å². The molecule has 126 valence electrons. The molecule has 0 unspecified atom stereocenters. The average molecular weight is 343 g/mol. The van der Waals surface area contributed by atoms with Gasteiger partial charge >= 0.3 is 0 Å². The number of imidazole rings is 1. The molecule has 1 atom stereocenters. The van der Waals surface area contributed by atoms with Gasteiger partial charge in [-0.2, -0.15) is 16.9 Å². The van der Waals surface area contributed by atoms with Crippen LogP contribution in [0.3, 0.4) is 0 Å². The Bertz CT molecular complexity index is 792. The Morgan fingerprint density at radius 2 is 2.21 bits per heavy atom. The zero-order valence-electron chi connectivity index (χ0n) is 13.8. The van der Waals surface area contributed by atoms with Crippen LogP contribution in [0.25, 0.3) is 11.0 Å². The summed E-state index contributed by atoms with van der Waals surface area (Å²) in [5.41, 5.74) is 2.46. The maximum Gasteiger partial charge on any atom is 0.270 e. The maximum atomic E-state index is 12.6. The Morgan fingerprint density at radius 3 is 2.96 bits per heavy atom. The van der Waals surface area contributed by atoms with Crippen LogP contribution in [-0.2, 0) is 6.54 Å². The Hall–Kier alpha value is -2.28. The summed E-state index contributed by atoms with van der Waals surface area (Å²) >= 11 is 1.75. The van der Waals surface area contributed by atoms with Gasteiger partial charge in [-0.05, 0) is 43.6 Å². The third-order valence-corrected chi connectivity index (χ3v) is 4.55. The fourth-order valence-electron chi connectivity index (χ4n) is 2.66. The molecule has 0 bridgehead atoms. The fraction of sp³-hybridized carbons (Fsp3) is 0.353. The van der Waals surface area contributed by atoms with Gasteiger partial charge in [0.25, 0.3) is 5.91 Å². The van der Waals surface area contributed by atoms with Crippen LogP contribution >= 0.6 is 11.8 Å². The van der Waals surface area contributed by atoms with Crippen LogP contribution in [0, 0.1) is 0 Å². The van der Waals surface area contributed by atoms with Crippen LogP contribution in [0.2, 0.25) is 0 Å². The van der Waals surface area contributed by atoms with Crippen LogP contribution in [0.1, 0.15) is 35.7 Å². The Kier molecular flexibility index (Phi) is 5.20. The number of aromatic nitrogens is 4. The lowest BCUT2D eigenvalue weighted by molar-refractivity contribution is 0.0923. The highest BCUT2D eigenvalue weighted by Crippen LogP contribution is 2.20. The normalized spacial score (nSPS) is 12.4. The monoisotopic (exact) mass is 343 g/mol. The molecule has 0 aliphatic heterocycles. The molecular formula is C17H21N5OS. The number of H-pyrrole nitrogens is 1. The fourth-order valence-corrected chi connectivity index (χ4v) is 3.13. The number of amides is 1. The van der Waals surface area contributed by atoms with E-state index in [2.05, 4.69) is 26.6 Å². The minimum absolute atomic E-state index is 0.124. The second-order valence-electron chi connectivity index (χ2n) is 5.48. The number of rotatable bonds is 7. The third kappa shape index (κ3) is 3.46. The first-order chi connectivity index (χ1) is 11.7. The lowest BCUT2D eigenvalue weighted by atomic mass is 10.2. The van der Waals surface area contributed by atoms with E-state index in [9.17, 15) is 4.79 Å². The van der Waals surface area contributed by atoms with E-state index in [1.165, 1.54) is 0 Å². The maximum absolute atomic E-state index is 12.6. The molecule has 0 saturated heterocycles. The molecule has 2 N–H and O–H groups in total. The molecule has 2 aromatic heterocycles. The topological polar surface area (TPSA) is 75.6 Å². The van der Waals surface area contributed by atoms with E-state index in [-0.39, 0.29) is 11.9 Å². The van der Waals surface area contributed by atoms with Gasteiger partial charge in [0.2, 0.25) is 0 Å². The zero-order chi connectivity index (χ0) is 16.9. The van der Waals surface area contributed by atoms with E-state index in [1.54, 1.807) is 28.7 Å². The van der Waals surface area contributed by atoms with Crippen molar-refractivity contribution in [1.29, 1.82) is 0 Å². The molecule has 0 saturated carbocycles. The first kappa shape index (κ1) is 16.6. The van der Waals surface area contributed by atoms with Crippen molar-refractivity contribution in [3.8, 4) is 0 Å². The number of hydrogen-bond acceptors (Lipinski definition) is 4. The van der Waals surface area contributed by atoms with Crippen LogP contribution in [0.15, 0.2) is 36.5 Å². The van der Waals surface area contributed by atoms with Gasteiger partial charge in [0.1, 0.15) is 11.5 Å². The lowest BCUT2D eigenvalue weighted by Gasteiger charge is -2.16. The number of aromatic amines is 1. The molecule has 2 heterocycles. The minimum Gasteiger partial charge on any atom is -0.341 e. The summed E-state index contributed by atoms with van der Waals surface area (Å²) in [6, 6.07) is 9.48. The van der Waals surface area contributed by atoms with Crippen LogP contribution < -0.4 is 5.32 Å². The summed E-state index contributed by atoms with van der Waals surface area (Å²) in [6.07, 6.45) is 4.52. The number of hydrogen-bond donors (Lipinski definition) is 2. The van der Waals surface area contributed by atoms with Gasteiger partial charge in [-0.1, -0.05) is 12.1 Å². The van der Waals surface area contributed by atoms with E-state index < -0.39 is 0 Å². The number of aryl methyl sites for hydroxylation is 1. The number of fused-ring (bicyclic) bond motifs is 1. The Morgan fingerprint density at radius 1 is 1.38 bits per heavy atom. The predicted octanol–water partition coefficient (Wildman–Crippen LogP) is 3.00. The van der Waals surface area contributed by atoms with E-state index in [4.69, 9.17) is 0 Å². The van der Waals surface area contributed by atoms with Gasteiger partial charge in [-0.25, -0.2) is 4.98 Å². The lowest BCUT2D eigenvalue weighted by Crippen LogP contribution is -2.31. The smallest absolute Gasteiger partial charge is 0.270 e. The summed E-state index contributed by atoms with van der Waals surface area (Å²) in [4.78, 5) is 20.6. The third-order valence-electron chi connectivity index (χ3n) is 3.90. The molecule has 0 radical (unpaired) electrons. The van der Waals surface area contributed by atoms with Crippen LogP contribution in [0.5, 0.6) is 0 Å². The largest absolute Gasteiger partial charge is 0.341 e. The number of para-hydroxylation sites is 2. The van der Waals surface area contributed by atoms with E-state index in [0.717, 1.165) is 29.0 Å². The SMILES string of the molecule is CCn1nccc1C(=O)N[C@@H](CCSC)c1nc2ccccc2[nH]1. The zero-order valence-corrected chi connectivity index (χ0v) is 14.6.